The third-order valence-corrected chi connectivity index (χ3v) is 4.16. The average Bonchev–Trinajstić information content (AvgIpc) is 2.76. The van der Waals surface area contributed by atoms with Crippen LogP contribution < -0.4 is 11.1 Å². The number of nitrogens with two attached hydrogens (primary N) is 1. The highest BCUT2D eigenvalue weighted by atomic mass is 16.1. The Kier molecular flexibility index (Phi) is 5.40. The number of carbonyl (C=O) groups is 1. The predicted octanol–water partition coefficient (Wildman–Crippen LogP) is 1.10. The van der Waals surface area contributed by atoms with E-state index in [9.17, 15) is 4.79 Å². The summed E-state index contributed by atoms with van der Waals surface area (Å²) in [6.45, 7) is 6.60. The number of nitrogens with zero attached hydrogens (tertiary/aromatic N) is 1. The molecule has 1 aliphatic rings. The minimum Gasteiger partial charge on any atom is -0.368 e. The van der Waals surface area contributed by atoms with Gasteiger partial charge >= 0.3 is 0 Å². The molecule has 0 spiro atoms. The molecule has 1 saturated carbocycles. The number of unbranched alkanes of at least 4 members (excludes halogenated alkanes) is 1. The third kappa shape index (κ3) is 3.19. The van der Waals surface area contributed by atoms with Gasteiger partial charge in [0.1, 0.15) is 0 Å². The van der Waals surface area contributed by atoms with Crippen molar-refractivity contribution in [2.45, 2.75) is 57.5 Å². The maximum atomic E-state index is 11.6. The fourth-order valence-electron chi connectivity index (χ4n) is 2.87. The van der Waals surface area contributed by atoms with Gasteiger partial charge in [0.2, 0.25) is 5.91 Å². The van der Waals surface area contributed by atoms with Crippen LogP contribution in [0.15, 0.2) is 0 Å². The van der Waals surface area contributed by atoms with Crippen molar-refractivity contribution in [1.29, 1.82) is 0 Å². The smallest absolute Gasteiger partial charge is 0.237 e. The van der Waals surface area contributed by atoms with Crippen molar-refractivity contribution in [2.75, 3.05) is 20.1 Å². The first-order chi connectivity index (χ1) is 8.09. The quantitative estimate of drug-likeness (QED) is 0.702. The van der Waals surface area contributed by atoms with Crippen LogP contribution in [0.2, 0.25) is 0 Å². The molecule has 4 nitrogen and oxygen atoms in total. The number of likely N-dealkylation sites (N-methyl/N-ethyl adjacent to an activating group) is 1. The van der Waals surface area contributed by atoms with Gasteiger partial charge in [0.15, 0.2) is 0 Å². The van der Waals surface area contributed by atoms with Gasteiger partial charge in [-0.05, 0) is 45.8 Å². The Morgan fingerprint density at radius 2 is 2.24 bits per heavy atom. The first-order valence-electron chi connectivity index (χ1n) is 6.82. The molecule has 0 aliphatic heterocycles. The van der Waals surface area contributed by atoms with Crippen LogP contribution in [-0.2, 0) is 4.79 Å². The molecule has 0 aromatic carbocycles. The van der Waals surface area contributed by atoms with E-state index in [1.165, 1.54) is 12.8 Å². The van der Waals surface area contributed by atoms with E-state index in [1.807, 2.05) is 7.05 Å². The van der Waals surface area contributed by atoms with Gasteiger partial charge in [0, 0.05) is 6.04 Å². The van der Waals surface area contributed by atoms with Crippen LogP contribution in [0.3, 0.4) is 0 Å². The van der Waals surface area contributed by atoms with Gasteiger partial charge in [0.05, 0.1) is 5.54 Å². The van der Waals surface area contributed by atoms with Crippen LogP contribution in [0.25, 0.3) is 0 Å². The number of amides is 1. The Balaban J connectivity index is 2.60. The van der Waals surface area contributed by atoms with Crippen LogP contribution >= 0.6 is 0 Å². The van der Waals surface area contributed by atoms with Gasteiger partial charge in [-0.1, -0.05) is 20.3 Å². The zero-order valence-electron chi connectivity index (χ0n) is 11.5. The van der Waals surface area contributed by atoms with Gasteiger partial charge < -0.3 is 16.0 Å². The predicted molar refractivity (Wildman–Crippen MR) is 70.8 cm³/mol. The second-order valence-corrected chi connectivity index (χ2v) is 5.08. The normalized spacial score (nSPS) is 28.8. The van der Waals surface area contributed by atoms with E-state index >= 15 is 0 Å². The number of hydrogen-bond donors (Lipinski definition) is 2. The van der Waals surface area contributed by atoms with E-state index in [0.29, 0.717) is 6.04 Å². The molecule has 4 heteroatoms. The second kappa shape index (κ2) is 6.36. The molecule has 0 heterocycles. The average molecular weight is 241 g/mol. The molecule has 2 atom stereocenters. The standard InChI is InChI=1S/C13H27N3O/c1-4-6-9-16(5-2)11-7-8-13(10-11,15-3)12(14)17/h11,15H,4-10H2,1-3H3,(H2,14,17). The lowest BCUT2D eigenvalue weighted by Crippen LogP contribution is -2.53. The molecule has 1 amide bonds. The molecule has 0 radical (unpaired) electrons. The largest absolute Gasteiger partial charge is 0.368 e. The summed E-state index contributed by atoms with van der Waals surface area (Å²) < 4.78 is 0. The molecule has 1 rings (SSSR count). The molecule has 0 aromatic rings. The van der Waals surface area contributed by atoms with E-state index in [4.69, 9.17) is 5.73 Å². The van der Waals surface area contributed by atoms with Gasteiger partial charge in [-0.25, -0.2) is 0 Å². The SMILES string of the molecule is CCCCN(CC)C1CCC(NC)(C(N)=O)C1. The maximum absolute atomic E-state index is 11.6. The third-order valence-electron chi connectivity index (χ3n) is 4.16. The van der Waals surface area contributed by atoms with Gasteiger partial charge in [-0.2, -0.15) is 0 Å². The van der Waals surface area contributed by atoms with Crippen molar-refractivity contribution >= 4 is 5.91 Å². The molecule has 1 fully saturated rings. The van der Waals surface area contributed by atoms with Crippen LogP contribution in [0, 0.1) is 0 Å². The van der Waals surface area contributed by atoms with E-state index in [0.717, 1.165) is 32.4 Å². The molecule has 3 N–H and O–H groups in total. The lowest BCUT2D eigenvalue weighted by molar-refractivity contribution is -0.124. The number of carbonyl (C=O) groups excluding carboxylic acids is 1. The lowest BCUT2D eigenvalue weighted by Gasteiger charge is -2.30. The summed E-state index contributed by atoms with van der Waals surface area (Å²) in [5.41, 5.74) is 5.06. The Labute approximate surface area is 105 Å². The van der Waals surface area contributed by atoms with Gasteiger partial charge in [0.25, 0.3) is 0 Å². The topological polar surface area (TPSA) is 58.4 Å². The van der Waals surface area contributed by atoms with Crippen molar-refractivity contribution in [1.82, 2.24) is 10.2 Å². The first kappa shape index (κ1) is 14.5. The number of nitrogens with one attached hydrogen (secondary N) is 1. The van der Waals surface area contributed by atoms with Crippen molar-refractivity contribution < 1.29 is 4.79 Å². The highest BCUT2D eigenvalue weighted by Gasteiger charge is 2.44. The van der Waals surface area contributed by atoms with Crippen molar-refractivity contribution in [2.24, 2.45) is 5.73 Å². The molecule has 0 saturated heterocycles. The monoisotopic (exact) mass is 241 g/mol. The molecule has 0 aromatic heterocycles. The molecule has 2 unspecified atom stereocenters. The lowest BCUT2D eigenvalue weighted by atomic mass is 9.96. The van der Waals surface area contributed by atoms with Crippen LogP contribution in [0.4, 0.5) is 0 Å². The van der Waals surface area contributed by atoms with Gasteiger partial charge in [-0.3, -0.25) is 4.79 Å². The maximum Gasteiger partial charge on any atom is 0.237 e. The van der Waals surface area contributed by atoms with Crippen molar-refractivity contribution in [3.8, 4) is 0 Å². The minimum absolute atomic E-state index is 0.200. The van der Waals surface area contributed by atoms with E-state index < -0.39 is 5.54 Å². The minimum atomic E-state index is -0.468. The Hall–Kier alpha value is -0.610. The molecule has 0 bridgehead atoms. The van der Waals surface area contributed by atoms with E-state index in [-0.39, 0.29) is 5.91 Å². The van der Waals surface area contributed by atoms with Crippen LogP contribution in [0.1, 0.15) is 46.0 Å². The summed E-state index contributed by atoms with van der Waals surface area (Å²) in [5, 5.41) is 3.14. The highest BCUT2D eigenvalue weighted by molar-refractivity contribution is 5.85. The second-order valence-electron chi connectivity index (χ2n) is 5.08. The molecular weight excluding hydrogens is 214 g/mol. The number of hydrogen-bond acceptors (Lipinski definition) is 3. The molecule has 1 aliphatic carbocycles. The van der Waals surface area contributed by atoms with Crippen LogP contribution in [0.5, 0.6) is 0 Å². The molecular formula is C13H27N3O. The Morgan fingerprint density at radius 1 is 1.53 bits per heavy atom. The first-order valence-corrected chi connectivity index (χ1v) is 6.82. The summed E-state index contributed by atoms with van der Waals surface area (Å²) in [4.78, 5) is 14.1. The summed E-state index contributed by atoms with van der Waals surface area (Å²) >= 11 is 0. The summed E-state index contributed by atoms with van der Waals surface area (Å²) in [6.07, 6.45) is 5.24. The zero-order valence-corrected chi connectivity index (χ0v) is 11.5. The highest BCUT2D eigenvalue weighted by Crippen LogP contribution is 2.32. The number of rotatable bonds is 7. The summed E-state index contributed by atoms with van der Waals surface area (Å²) in [5.74, 6) is -0.200. The fraction of sp³-hybridized carbons (Fsp3) is 0.923. The summed E-state index contributed by atoms with van der Waals surface area (Å²) in [6, 6.07) is 0.506. The molecule has 17 heavy (non-hydrogen) atoms. The van der Waals surface area contributed by atoms with Crippen molar-refractivity contribution in [3.63, 3.8) is 0 Å². The van der Waals surface area contributed by atoms with Crippen LogP contribution in [-0.4, -0.2) is 42.5 Å². The Bertz CT molecular complexity index is 257. The van der Waals surface area contributed by atoms with Crippen molar-refractivity contribution in [3.05, 3.63) is 0 Å². The fourth-order valence-corrected chi connectivity index (χ4v) is 2.87. The van der Waals surface area contributed by atoms with E-state index in [1.54, 1.807) is 0 Å². The summed E-state index contributed by atoms with van der Waals surface area (Å²) in [7, 11) is 1.84. The number of primary amides is 1. The van der Waals surface area contributed by atoms with Gasteiger partial charge in [-0.15, -0.1) is 0 Å². The van der Waals surface area contributed by atoms with E-state index in [2.05, 4.69) is 24.1 Å². The zero-order chi connectivity index (χ0) is 12.9. The molecule has 100 valence electrons. The Morgan fingerprint density at radius 3 is 2.65 bits per heavy atom.